The number of hydrogen-bond acceptors (Lipinski definition) is 1. The zero-order valence-electron chi connectivity index (χ0n) is 34.1. The molecule has 1 atom stereocenters. The quantitative estimate of drug-likeness (QED) is 0.144. The molecule has 0 saturated carbocycles. The molecule has 2 heterocycles. The lowest BCUT2D eigenvalue weighted by atomic mass is 9.84. The van der Waals surface area contributed by atoms with Crippen molar-refractivity contribution in [3.05, 3.63) is 247 Å². The van der Waals surface area contributed by atoms with Crippen LogP contribution in [0.5, 0.6) is 0 Å². The minimum atomic E-state index is 0.219. The van der Waals surface area contributed by atoms with E-state index < -0.39 is 0 Å². The summed E-state index contributed by atoms with van der Waals surface area (Å²) in [6.07, 6.45) is 0.911. The second kappa shape index (κ2) is 15.2. The molecule has 0 aliphatic heterocycles. The highest BCUT2D eigenvalue weighted by Crippen LogP contribution is 2.39. The Bertz CT molecular complexity index is 3570. The summed E-state index contributed by atoms with van der Waals surface area (Å²) in [6, 6.07) is 85.2. The van der Waals surface area contributed by atoms with Crippen molar-refractivity contribution >= 4 is 64.1 Å². The van der Waals surface area contributed by atoms with E-state index >= 15 is 0 Å². The van der Waals surface area contributed by atoms with Gasteiger partial charge in [0.1, 0.15) is 0 Å². The number of nitrogens with zero attached hydrogens (tertiary/aromatic N) is 1. The molecule has 0 spiro atoms. The topological polar surface area (TPSA) is 4.93 Å². The number of aromatic nitrogens is 1. The average Bonchev–Trinajstić information content (AvgIpc) is 3.89. The molecule has 2 heteroatoms. The Hall–Kier alpha value is -7.52. The summed E-state index contributed by atoms with van der Waals surface area (Å²) < 4.78 is 5.08. The predicted molar refractivity (Wildman–Crippen MR) is 266 cm³/mol. The van der Waals surface area contributed by atoms with Crippen molar-refractivity contribution in [2.75, 3.05) is 0 Å². The highest BCUT2D eigenvalue weighted by atomic mass is 32.1. The molecule has 0 aliphatic carbocycles. The van der Waals surface area contributed by atoms with Crippen LogP contribution in [0.25, 0.3) is 91.8 Å². The number of thiophene rings is 1. The summed E-state index contributed by atoms with van der Waals surface area (Å²) in [6.45, 7) is 0. The fraction of sp³-hybridized carbons (Fsp3) is 0.0333. The molecule has 10 aromatic carbocycles. The molecule has 12 aromatic rings. The van der Waals surface area contributed by atoms with Gasteiger partial charge in [0.2, 0.25) is 0 Å². The maximum absolute atomic E-state index is 2.41. The summed E-state index contributed by atoms with van der Waals surface area (Å²) in [7, 11) is 0. The molecule has 0 aliphatic rings. The first kappa shape index (κ1) is 36.3. The van der Waals surface area contributed by atoms with Crippen LogP contribution < -0.4 is 0 Å². The normalized spacial score (nSPS) is 12.2. The molecule has 2 aromatic heterocycles. The molecule has 0 N–H and O–H groups in total. The second-order valence-electron chi connectivity index (χ2n) is 16.5. The minimum Gasteiger partial charge on any atom is -0.309 e. The van der Waals surface area contributed by atoms with Gasteiger partial charge in [-0.25, -0.2) is 0 Å². The van der Waals surface area contributed by atoms with Crippen LogP contribution in [0.15, 0.2) is 231 Å². The van der Waals surface area contributed by atoms with E-state index in [4.69, 9.17) is 0 Å². The first-order valence-corrected chi connectivity index (χ1v) is 22.3. The smallest absolute Gasteiger partial charge is 0.0541 e. The summed E-state index contributed by atoms with van der Waals surface area (Å²) in [5.74, 6) is 0.219. The Kier molecular flexibility index (Phi) is 8.90. The van der Waals surface area contributed by atoms with E-state index in [2.05, 4.69) is 235 Å². The lowest BCUT2D eigenvalue weighted by Crippen LogP contribution is -2.05. The maximum atomic E-state index is 2.41. The van der Waals surface area contributed by atoms with Crippen LogP contribution in [0, 0.1) is 0 Å². The van der Waals surface area contributed by atoms with Crippen molar-refractivity contribution in [2.24, 2.45) is 0 Å². The molecule has 0 amide bonds. The highest BCUT2D eigenvalue weighted by Gasteiger charge is 2.18. The van der Waals surface area contributed by atoms with Crippen LogP contribution >= 0.6 is 11.3 Å². The monoisotopic (exact) mass is 807 g/mol. The van der Waals surface area contributed by atoms with Crippen molar-refractivity contribution < 1.29 is 0 Å². The fourth-order valence-electron chi connectivity index (χ4n) is 9.60. The fourth-order valence-corrected chi connectivity index (χ4v) is 10.7. The number of benzene rings is 10. The van der Waals surface area contributed by atoms with Crippen molar-refractivity contribution in [1.82, 2.24) is 4.57 Å². The van der Waals surface area contributed by atoms with Crippen molar-refractivity contribution in [2.45, 2.75) is 12.3 Å². The zero-order valence-corrected chi connectivity index (χ0v) is 34.9. The summed E-state index contributed by atoms with van der Waals surface area (Å²) in [5, 5.41) is 7.73. The van der Waals surface area contributed by atoms with E-state index in [1.165, 1.54) is 103 Å². The third-order valence-electron chi connectivity index (χ3n) is 12.8. The van der Waals surface area contributed by atoms with Crippen LogP contribution in [0.4, 0.5) is 0 Å². The van der Waals surface area contributed by atoms with Gasteiger partial charge >= 0.3 is 0 Å². The molecule has 292 valence electrons. The first-order valence-electron chi connectivity index (χ1n) is 21.5. The molecule has 0 saturated heterocycles. The van der Waals surface area contributed by atoms with Crippen molar-refractivity contribution in [3.8, 4) is 39.1 Å². The van der Waals surface area contributed by atoms with Gasteiger partial charge in [-0.15, -0.1) is 11.3 Å². The SMILES string of the molecule is c1ccc(-c2ccc(C(Cc3ccc(-c4ccc5c(c4)c4ccccc4n5-c4ccc(-c5ccc6sc7ccccc7c6c5)cc4)cc3)c3ccc4ccccc4c3)cc2)cc1. The minimum absolute atomic E-state index is 0.219. The van der Waals surface area contributed by atoms with Crippen LogP contribution in [0.1, 0.15) is 22.6 Å². The van der Waals surface area contributed by atoms with Crippen LogP contribution in [-0.2, 0) is 6.42 Å². The van der Waals surface area contributed by atoms with E-state index in [0.717, 1.165) is 12.1 Å². The van der Waals surface area contributed by atoms with Gasteiger partial charge in [0.15, 0.2) is 0 Å². The van der Waals surface area contributed by atoms with Gasteiger partial charge in [-0.05, 0) is 116 Å². The van der Waals surface area contributed by atoms with E-state index in [1.54, 1.807) is 0 Å². The predicted octanol–water partition coefficient (Wildman–Crippen LogP) is 16.7. The summed E-state index contributed by atoms with van der Waals surface area (Å²) in [5.41, 5.74) is 15.0. The number of rotatable bonds is 8. The van der Waals surface area contributed by atoms with Gasteiger partial charge in [0.05, 0.1) is 11.0 Å². The van der Waals surface area contributed by atoms with E-state index in [0.29, 0.717) is 0 Å². The van der Waals surface area contributed by atoms with Gasteiger partial charge in [-0.2, -0.15) is 0 Å². The molecule has 0 fully saturated rings. The first-order chi connectivity index (χ1) is 30.7. The second-order valence-corrected chi connectivity index (χ2v) is 17.6. The maximum Gasteiger partial charge on any atom is 0.0541 e. The Morgan fingerprint density at radius 2 is 0.887 bits per heavy atom. The molecule has 1 nitrogen and oxygen atoms in total. The van der Waals surface area contributed by atoms with Crippen LogP contribution in [0.2, 0.25) is 0 Å². The molecule has 0 bridgehead atoms. The third-order valence-corrected chi connectivity index (χ3v) is 14.0. The molecular weight excluding hydrogens is 767 g/mol. The molecule has 62 heavy (non-hydrogen) atoms. The Balaban J connectivity index is 0.856. The van der Waals surface area contributed by atoms with Gasteiger partial charge in [-0.3, -0.25) is 0 Å². The van der Waals surface area contributed by atoms with Crippen molar-refractivity contribution in [1.29, 1.82) is 0 Å². The van der Waals surface area contributed by atoms with Crippen LogP contribution in [0.3, 0.4) is 0 Å². The third kappa shape index (κ3) is 6.48. The number of fused-ring (bicyclic) bond motifs is 7. The van der Waals surface area contributed by atoms with Crippen molar-refractivity contribution in [3.63, 3.8) is 0 Å². The average molecular weight is 808 g/mol. The lowest BCUT2D eigenvalue weighted by molar-refractivity contribution is 0.807. The Morgan fingerprint density at radius 3 is 1.69 bits per heavy atom. The van der Waals surface area contributed by atoms with E-state index in [9.17, 15) is 0 Å². The Labute approximate surface area is 365 Å². The number of hydrogen-bond donors (Lipinski definition) is 0. The lowest BCUT2D eigenvalue weighted by Gasteiger charge is -2.20. The van der Waals surface area contributed by atoms with Crippen LogP contribution in [-0.4, -0.2) is 4.57 Å². The summed E-state index contributed by atoms with van der Waals surface area (Å²) >= 11 is 1.87. The zero-order chi connectivity index (χ0) is 41.0. The molecule has 0 radical (unpaired) electrons. The largest absolute Gasteiger partial charge is 0.309 e. The van der Waals surface area contributed by atoms with Gasteiger partial charge in [0.25, 0.3) is 0 Å². The molecule has 1 unspecified atom stereocenters. The Morgan fingerprint density at radius 1 is 0.339 bits per heavy atom. The van der Waals surface area contributed by atoms with E-state index in [1.807, 2.05) is 11.3 Å². The molecular formula is C60H41NS. The standard InChI is InChI=1S/C60H41NS/c1-2-10-41(11-3-1)43-22-25-46(26-23-43)54(50-27-24-42-12-4-5-13-47(42)37-50)36-40-18-20-44(21-19-40)48-30-34-58-55(38-48)52-14-6-8-16-57(52)61(58)51-32-28-45(29-33-51)49-31-35-60-56(39-49)53-15-7-9-17-59(53)62-60/h1-35,37-39,54H,36H2. The van der Waals surface area contributed by atoms with Gasteiger partial charge < -0.3 is 4.57 Å². The highest BCUT2D eigenvalue weighted by molar-refractivity contribution is 7.25. The van der Waals surface area contributed by atoms with Gasteiger partial charge in [0, 0.05) is 42.6 Å². The number of para-hydroxylation sites is 1. The summed E-state index contributed by atoms with van der Waals surface area (Å²) in [4.78, 5) is 0. The molecule has 12 rings (SSSR count). The van der Waals surface area contributed by atoms with Gasteiger partial charge in [-0.1, -0.05) is 182 Å². The van der Waals surface area contributed by atoms with E-state index in [-0.39, 0.29) is 5.92 Å².